The molecule has 1 amide bonds. The van der Waals surface area contributed by atoms with E-state index in [-0.39, 0.29) is 25.7 Å². The summed E-state index contributed by atoms with van der Waals surface area (Å²) in [4.78, 5) is 11.0. The van der Waals surface area contributed by atoms with E-state index < -0.39 is 16.3 Å². The number of nitrogens with one attached hydrogen (secondary N) is 1. The molecule has 94 valence electrons. The summed E-state index contributed by atoms with van der Waals surface area (Å²) in [6, 6.07) is -0.0320. The number of amides is 1. The Bertz CT molecular complexity index is 339. The fourth-order valence-electron chi connectivity index (χ4n) is 1.31. The zero-order valence-corrected chi connectivity index (χ0v) is 10.00. The van der Waals surface area contributed by atoms with Gasteiger partial charge in [-0.1, -0.05) is 0 Å². The summed E-state index contributed by atoms with van der Waals surface area (Å²) < 4.78 is 31.1. The number of carbonyl (C=O) groups is 1. The second-order valence-electron chi connectivity index (χ2n) is 3.46. The molecule has 1 rings (SSSR count). The highest BCUT2D eigenvalue weighted by molar-refractivity contribution is 7.87. The van der Waals surface area contributed by atoms with Crippen molar-refractivity contribution in [1.29, 1.82) is 0 Å². The topological polar surface area (TPSA) is 102 Å². The third-order valence-corrected chi connectivity index (χ3v) is 3.62. The quantitative estimate of drug-likeness (QED) is 0.656. The van der Waals surface area contributed by atoms with Crippen molar-refractivity contribution >= 4 is 16.3 Å². The van der Waals surface area contributed by atoms with Crippen LogP contribution in [0.5, 0.6) is 0 Å². The molecule has 0 aromatic rings. The first-order valence-corrected chi connectivity index (χ1v) is 6.61. The van der Waals surface area contributed by atoms with Crippen LogP contribution in [0.2, 0.25) is 0 Å². The molecule has 0 saturated heterocycles. The molecule has 1 saturated carbocycles. The third-order valence-electron chi connectivity index (χ3n) is 2.10. The summed E-state index contributed by atoms with van der Waals surface area (Å²) in [5, 5.41) is 0. The molecule has 0 aliphatic heterocycles. The van der Waals surface area contributed by atoms with Crippen molar-refractivity contribution < 1.29 is 17.9 Å². The Kier molecular flexibility index (Phi) is 4.51. The maximum Gasteiger partial charge on any atom is 0.421 e. The van der Waals surface area contributed by atoms with Crippen LogP contribution in [-0.2, 0) is 14.9 Å². The SMILES string of the molecule is CCOC(=O)NS(=O)(=O)N(CCN)C1CC1. The lowest BCUT2D eigenvalue weighted by Crippen LogP contribution is -2.46. The molecule has 0 spiro atoms. The molecule has 0 aromatic heterocycles. The lowest BCUT2D eigenvalue weighted by molar-refractivity contribution is 0.158. The average molecular weight is 251 g/mol. The fourth-order valence-corrected chi connectivity index (χ4v) is 2.65. The molecule has 7 nitrogen and oxygen atoms in total. The van der Waals surface area contributed by atoms with Crippen LogP contribution < -0.4 is 10.5 Å². The molecular weight excluding hydrogens is 234 g/mol. The second-order valence-corrected chi connectivity index (χ2v) is 5.08. The van der Waals surface area contributed by atoms with Gasteiger partial charge >= 0.3 is 16.3 Å². The zero-order valence-electron chi connectivity index (χ0n) is 9.18. The number of nitrogens with zero attached hydrogens (tertiary/aromatic N) is 1. The molecule has 0 aromatic carbocycles. The highest BCUT2D eigenvalue weighted by Gasteiger charge is 2.37. The van der Waals surface area contributed by atoms with Gasteiger partial charge in [-0.25, -0.2) is 9.52 Å². The fraction of sp³-hybridized carbons (Fsp3) is 0.875. The molecular formula is C8H17N3O4S. The Morgan fingerprint density at radius 3 is 2.62 bits per heavy atom. The summed E-state index contributed by atoms with van der Waals surface area (Å²) in [7, 11) is -3.81. The molecule has 16 heavy (non-hydrogen) atoms. The smallest absolute Gasteiger partial charge is 0.421 e. The first-order valence-electron chi connectivity index (χ1n) is 5.17. The molecule has 8 heteroatoms. The highest BCUT2D eigenvalue weighted by atomic mass is 32.2. The monoisotopic (exact) mass is 251 g/mol. The van der Waals surface area contributed by atoms with Gasteiger partial charge in [0.2, 0.25) is 0 Å². The molecule has 0 atom stereocenters. The lowest BCUT2D eigenvalue weighted by atomic mass is 10.6. The number of ether oxygens (including phenoxy) is 1. The number of nitrogens with two attached hydrogens (primary N) is 1. The second kappa shape index (κ2) is 5.46. The van der Waals surface area contributed by atoms with Crippen molar-refractivity contribution in [2.75, 3.05) is 19.7 Å². The molecule has 0 unspecified atom stereocenters. The van der Waals surface area contributed by atoms with Gasteiger partial charge in [0.05, 0.1) is 6.61 Å². The van der Waals surface area contributed by atoms with Crippen LogP contribution in [0.3, 0.4) is 0 Å². The van der Waals surface area contributed by atoms with Crippen LogP contribution in [-0.4, -0.2) is 44.6 Å². The van der Waals surface area contributed by atoms with Crippen LogP contribution in [0.25, 0.3) is 0 Å². The Labute approximate surface area is 95.1 Å². The molecule has 0 bridgehead atoms. The first kappa shape index (κ1) is 13.2. The van der Waals surface area contributed by atoms with Crippen molar-refractivity contribution in [2.24, 2.45) is 5.73 Å². The van der Waals surface area contributed by atoms with Crippen molar-refractivity contribution in [3.63, 3.8) is 0 Å². The van der Waals surface area contributed by atoms with Gasteiger partial charge in [-0.3, -0.25) is 0 Å². The predicted octanol–water partition coefficient (Wildman–Crippen LogP) is -0.600. The van der Waals surface area contributed by atoms with Gasteiger partial charge in [-0.2, -0.15) is 12.7 Å². The normalized spacial score (nSPS) is 16.2. The van der Waals surface area contributed by atoms with Crippen molar-refractivity contribution in [1.82, 2.24) is 9.03 Å². The Hall–Kier alpha value is -0.860. The average Bonchev–Trinajstić information content (AvgIpc) is 2.96. The minimum absolute atomic E-state index is 0.0320. The van der Waals surface area contributed by atoms with E-state index in [0.717, 1.165) is 12.8 Å². The zero-order chi connectivity index (χ0) is 12.2. The summed E-state index contributed by atoms with van der Waals surface area (Å²) in [6.45, 7) is 2.16. The Balaban J connectivity index is 2.62. The van der Waals surface area contributed by atoms with Gasteiger partial charge in [0.25, 0.3) is 0 Å². The van der Waals surface area contributed by atoms with Gasteiger partial charge in [0.1, 0.15) is 0 Å². The molecule has 1 aliphatic carbocycles. The Morgan fingerprint density at radius 2 is 2.19 bits per heavy atom. The molecule has 1 fully saturated rings. The maximum atomic E-state index is 11.7. The summed E-state index contributed by atoms with van der Waals surface area (Å²) in [5.41, 5.74) is 5.33. The number of hydrogen-bond acceptors (Lipinski definition) is 5. The van der Waals surface area contributed by atoms with E-state index in [1.807, 2.05) is 4.72 Å². The van der Waals surface area contributed by atoms with E-state index in [0.29, 0.717) is 0 Å². The Morgan fingerprint density at radius 1 is 1.56 bits per heavy atom. The van der Waals surface area contributed by atoms with E-state index >= 15 is 0 Å². The highest BCUT2D eigenvalue weighted by Crippen LogP contribution is 2.28. The predicted molar refractivity (Wildman–Crippen MR) is 57.9 cm³/mol. The number of rotatable bonds is 6. The van der Waals surface area contributed by atoms with Crippen LogP contribution in [0.15, 0.2) is 0 Å². The van der Waals surface area contributed by atoms with Gasteiger partial charge in [0, 0.05) is 19.1 Å². The van der Waals surface area contributed by atoms with E-state index in [4.69, 9.17) is 5.73 Å². The van der Waals surface area contributed by atoms with Crippen LogP contribution in [0, 0.1) is 0 Å². The standard InChI is InChI=1S/C8H17N3O4S/c1-2-15-8(12)10-16(13,14)11(6-5-9)7-3-4-7/h7H,2-6,9H2,1H3,(H,10,12). The lowest BCUT2D eigenvalue weighted by Gasteiger charge is -2.20. The summed E-state index contributed by atoms with van der Waals surface area (Å²) in [5.74, 6) is 0. The first-order chi connectivity index (χ1) is 7.51. The third kappa shape index (κ3) is 3.62. The number of carbonyl (C=O) groups excluding carboxylic acids is 1. The largest absolute Gasteiger partial charge is 0.449 e. The number of hydrogen-bond donors (Lipinski definition) is 2. The summed E-state index contributed by atoms with van der Waals surface area (Å²) >= 11 is 0. The van der Waals surface area contributed by atoms with Crippen LogP contribution in [0.4, 0.5) is 4.79 Å². The minimum atomic E-state index is -3.81. The van der Waals surface area contributed by atoms with Crippen LogP contribution >= 0.6 is 0 Å². The van der Waals surface area contributed by atoms with Crippen LogP contribution in [0.1, 0.15) is 19.8 Å². The van der Waals surface area contributed by atoms with E-state index in [2.05, 4.69) is 4.74 Å². The van der Waals surface area contributed by atoms with Gasteiger partial charge in [0.15, 0.2) is 0 Å². The van der Waals surface area contributed by atoms with Gasteiger partial charge in [-0.15, -0.1) is 0 Å². The van der Waals surface area contributed by atoms with Gasteiger partial charge in [-0.05, 0) is 19.8 Å². The maximum absolute atomic E-state index is 11.7. The molecule has 3 N–H and O–H groups in total. The molecule has 1 aliphatic rings. The minimum Gasteiger partial charge on any atom is -0.449 e. The van der Waals surface area contributed by atoms with Gasteiger partial charge < -0.3 is 10.5 Å². The van der Waals surface area contributed by atoms with Crippen molar-refractivity contribution in [2.45, 2.75) is 25.8 Å². The van der Waals surface area contributed by atoms with Crippen molar-refractivity contribution in [3.05, 3.63) is 0 Å². The van der Waals surface area contributed by atoms with Crippen molar-refractivity contribution in [3.8, 4) is 0 Å². The van der Waals surface area contributed by atoms with E-state index in [1.54, 1.807) is 6.92 Å². The molecule has 0 heterocycles. The van der Waals surface area contributed by atoms with E-state index in [1.165, 1.54) is 4.31 Å². The molecule has 0 radical (unpaired) electrons. The summed E-state index contributed by atoms with van der Waals surface area (Å²) in [6.07, 6.45) is 0.665. The van der Waals surface area contributed by atoms with E-state index in [9.17, 15) is 13.2 Å².